The summed E-state index contributed by atoms with van der Waals surface area (Å²) in [5.74, 6) is 0. The van der Waals surface area contributed by atoms with Gasteiger partial charge in [0.2, 0.25) is 0 Å². The number of benzene rings is 1. The lowest BCUT2D eigenvalue weighted by atomic mass is 10.2. The Morgan fingerprint density at radius 2 is 1.78 bits per heavy atom. The molecule has 0 amide bonds. The average molecular weight is 269 g/mol. The van der Waals surface area contributed by atoms with E-state index >= 15 is 0 Å². The highest BCUT2D eigenvalue weighted by Gasteiger charge is 2.17. The van der Waals surface area contributed by atoms with Gasteiger partial charge in [-0.05, 0) is 37.6 Å². The van der Waals surface area contributed by atoms with Crippen molar-refractivity contribution < 1.29 is 5.11 Å². The van der Waals surface area contributed by atoms with Gasteiger partial charge in [-0.3, -0.25) is 4.90 Å². The van der Waals surface area contributed by atoms with Crippen LogP contribution in [0.15, 0.2) is 24.3 Å². The Balaban J connectivity index is 1.81. The first-order valence-corrected chi connectivity index (χ1v) is 6.94. The van der Waals surface area contributed by atoms with Crippen LogP contribution in [0.2, 0.25) is 5.02 Å². The van der Waals surface area contributed by atoms with Crippen molar-refractivity contribution in [3.8, 4) is 0 Å². The number of hydrogen-bond acceptors (Lipinski definition) is 3. The lowest BCUT2D eigenvalue weighted by Crippen LogP contribution is -2.47. The fraction of sp³-hybridized carbons (Fsp3) is 0.571. The van der Waals surface area contributed by atoms with Crippen LogP contribution in [-0.4, -0.2) is 48.8 Å². The van der Waals surface area contributed by atoms with Crippen LogP contribution in [0.4, 0.5) is 5.69 Å². The summed E-state index contributed by atoms with van der Waals surface area (Å²) in [5.41, 5.74) is 1.24. The molecule has 4 heteroatoms. The molecule has 0 aromatic heterocycles. The van der Waals surface area contributed by atoms with Crippen molar-refractivity contribution in [1.29, 1.82) is 0 Å². The molecule has 1 aromatic carbocycles. The first-order chi connectivity index (χ1) is 8.65. The Morgan fingerprint density at radius 3 is 2.33 bits per heavy atom. The number of piperazine rings is 1. The number of halogens is 1. The van der Waals surface area contributed by atoms with E-state index in [2.05, 4.69) is 21.9 Å². The van der Waals surface area contributed by atoms with Crippen LogP contribution in [-0.2, 0) is 0 Å². The minimum absolute atomic E-state index is 0.195. The summed E-state index contributed by atoms with van der Waals surface area (Å²) in [7, 11) is 0. The first-order valence-electron chi connectivity index (χ1n) is 6.56. The van der Waals surface area contributed by atoms with Gasteiger partial charge in [-0.15, -0.1) is 0 Å². The second-order valence-electron chi connectivity index (χ2n) is 4.94. The molecule has 1 aliphatic heterocycles. The fourth-order valence-electron chi connectivity index (χ4n) is 2.25. The van der Waals surface area contributed by atoms with E-state index < -0.39 is 0 Å². The molecule has 1 heterocycles. The zero-order chi connectivity index (χ0) is 13.0. The second kappa shape index (κ2) is 6.41. The van der Waals surface area contributed by atoms with Crippen molar-refractivity contribution in [3.63, 3.8) is 0 Å². The molecule has 1 aromatic rings. The molecular formula is C14H21ClN2O. The maximum absolute atomic E-state index is 9.29. The maximum atomic E-state index is 9.29. The van der Waals surface area contributed by atoms with Gasteiger partial charge in [0, 0.05) is 43.4 Å². The van der Waals surface area contributed by atoms with Crippen molar-refractivity contribution >= 4 is 17.3 Å². The molecule has 0 spiro atoms. The molecule has 1 aliphatic rings. The highest BCUT2D eigenvalue weighted by molar-refractivity contribution is 6.30. The fourth-order valence-corrected chi connectivity index (χ4v) is 2.38. The van der Waals surface area contributed by atoms with Crippen LogP contribution in [0.5, 0.6) is 0 Å². The summed E-state index contributed by atoms with van der Waals surface area (Å²) in [5, 5.41) is 10.1. The van der Waals surface area contributed by atoms with Gasteiger partial charge in [0.15, 0.2) is 0 Å². The molecular weight excluding hydrogens is 248 g/mol. The zero-order valence-corrected chi connectivity index (χ0v) is 11.6. The van der Waals surface area contributed by atoms with Crippen molar-refractivity contribution in [2.24, 2.45) is 0 Å². The van der Waals surface area contributed by atoms with E-state index in [0.29, 0.717) is 0 Å². The third-order valence-corrected chi connectivity index (χ3v) is 3.68. The molecule has 1 atom stereocenters. The van der Waals surface area contributed by atoms with Gasteiger partial charge in [-0.25, -0.2) is 0 Å². The van der Waals surface area contributed by atoms with Crippen LogP contribution in [0.1, 0.15) is 13.3 Å². The standard InChI is InChI=1S/C14H21ClN2O/c1-12(18)6-7-16-8-10-17(11-9-16)14-4-2-13(15)3-5-14/h2-5,12,18H,6-11H2,1H3. The molecule has 1 saturated heterocycles. The summed E-state index contributed by atoms with van der Waals surface area (Å²) in [6.45, 7) is 7.06. The summed E-state index contributed by atoms with van der Waals surface area (Å²) in [4.78, 5) is 4.80. The molecule has 18 heavy (non-hydrogen) atoms. The first kappa shape index (κ1) is 13.7. The Kier molecular flexibility index (Phi) is 4.87. The van der Waals surface area contributed by atoms with Crippen molar-refractivity contribution in [1.82, 2.24) is 4.90 Å². The molecule has 1 unspecified atom stereocenters. The monoisotopic (exact) mass is 268 g/mol. The number of aliphatic hydroxyl groups is 1. The Morgan fingerprint density at radius 1 is 1.17 bits per heavy atom. The smallest absolute Gasteiger partial charge is 0.0524 e. The molecule has 0 saturated carbocycles. The van der Waals surface area contributed by atoms with Gasteiger partial charge < -0.3 is 10.0 Å². The van der Waals surface area contributed by atoms with Crippen LogP contribution >= 0.6 is 11.6 Å². The van der Waals surface area contributed by atoms with Gasteiger partial charge in [0.05, 0.1) is 6.10 Å². The Bertz CT molecular complexity index is 359. The maximum Gasteiger partial charge on any atom is 0.0524 e. The minimum atomic E-state index is -0.195. The summed E-state index contributed by atoms with van der Waals surface area (Å²) in [6, 6.07) is 8.04. The quantitative estimate of drug-likeness (QED) is 0.907. The highest BCUT2D eigenvalue weighted by atomic mass is 35.5. The van der Waals surface area contributed by atoms with E-state index in [1.54, 1.807) is 0 Å². The van der Waals surface area contributed by atoms with Gasteiger partial charge in [-0.2, -0.15) is 0 Å². The van der Waals surface area contributed by atoms with E-state index in [1.165, 1.54) is 5.69 Å². The molecule has 100 valence electrons. The second-order valence-corrected chi connectivity index (χ2v) is 5.38. The largest absolute Gasteiger partial charge is 0.393 e. The number of anilines is 1. The summed E-state index contributed by atoms with van der Waals surface area (Å²) < 4.78 is 0. The van der Waals surface area contributed by atoms with E-state index in [4.69, 9.17) is 11.6 Å². The van der Waals surface area contributed by atoms with Crippen LogP contribution < -0.4 is 4.90 Å². The van der Waals surface area contributed by atoms with E-state index in [0.717, 1.165) is 44.2 Å². The minimum Gasteiger partial charge on any atom is -0.393 e. The molecule has 1 fully saturated rings. The molecule has 1 N–H and O–H groups in total. The number of rotatable bonds is 4. The van der Waals surface area contributed by atoms with Gasteiger partial charge in [0.25, 0.3) is 0 Å². The van der Waals surface area contributed by atoms with Gasteiger partial charge >= 0.3 is 0 Å². The highest BCUT2D eigenvalue weighted by Crippen LogP contribution is 2.19. The van der Waals surface area contributed by atoms with Gasteiger partial charge in [0.1, 0.15) is 0 Å². The number of aliphatic hydroxyl groups excluding tert-OH is 1. The Labute approximate surface area is 114 Å². The molecule has 0 bridgehead atoms. The predicted molar refractivity (Wildman–Crippen MR) is 76.4 cm³/mol. The Hall–Kier alpha value is -0.770. The third kappa shape index (κ3) is 3.87. The van der Waals surface area contributed by atoms with Crippen LogP contribution in [0.3, 0.4) is 0 Å². The summed E-state index contributed by atoms with van der Waals surface area (Å²) in [6.07, 6.45) is 0.667. The molecule has 2 rings (SSSR count). The zero-order valence-electron chi connectivity index (χ0n) is 10.8. The normalized spacial score (nSPS) is 18.9. The van der Waals surface area contributed by atoms with E-state index in [1.807, 2.05) is 19.1 Å². The number of hydrogen-bond donors (Lipinski definition) is 1. The summed E-state index contributed by atoms with van der Waals surface area (Å²) >= 11 is 5.89. The van der Waals surface area contributed by atoms with E-state index in [9.17, 15) is 5.11 Å². The van der Waals surface area contributed by atoms with Gasteiger partial charge in [-0.1, -0.05) is 11.6 Å². The van der Waals surface area contributed by atoms with Crippen molar-refractivity contribution in [2.45, 2.75) is 19.4 Å². The van der Waals surface area contributed by atoms with E-state index in [-0.39, 0.29) is 6.10 Å². The molecule has 3 nitrogen and oxygen atoms in total. The predicted octanol–water partition coefficient (Wildman–Crippen LogP) is 2.23. The molecule has 0 radical (unpaired) electrons. The lowest BCUT2D eigenvalue weighted by Gasteiger charge is -2.36. The van der Waals surface area contributed by atoms with Crippen molar-refractivity contribution in [2.75, 3.05) is 37.6 Å². The average Bonchev–Trinajstić information content (AvgIpc) is 2.38. The topological polar surface area (TPSA) is 26.7 Å². The number of nitrogens with zero attached hydrogens (tertiary/aromatic N) is 2. The van der Waals surface area contributed by atoms with Crippen LogP contribution in [0, 0.1) is 0 Å². The SMILES string of the molecule is CC(O)CCN1CCN(c2ccc(Cl)cc2)CC1. The molecule has 0 aliphatic carbocycles. The van der Waals surface area contributed by atoms with Crippen molar-refractivity contribution in [3.05, 3.63) is 29.3 Å². The van der Waals surface area contributed by atoms with Crippen LogP contribution in [0.25, 0.3) is 0 Å². The lowest BCUT2D eigenvalue weighted by molar-refractivity contribution is 0.153. The third-order valence-electron chi connectivity index (χ3n) is 3.43.